The highest BCUT2D eigenvalue weighted by Gasteiger charge is 2.18. The Kier molecular flexibility index (Phi) is 3.61. The lowest BCUT2D eigenvalue weighted by molar-refractivity contribution is -0.136. The zero-order valence-electron chi connectivity index (χ0n) is 12.3. The molecule has 2 N–H and O–H groups in total. The zero-order valence-corrected chi connectivity index (χ0v) is 12.3. The molecule has 0 saturated carbocycles. The quantitative estimate of drug-likeness (QED) is 0.556. The van der Waals surface area contributed by atoms with Crippen molar-refractivity contribution in [1.29, 1.82) is 0 Å². The highest BCUT2D eigenvalue weighted by atomic mass is 17.1. The number of hydrogen-bond acceptors (Lipinski definition) is 4. The van der Waals surface area contributed by atoms with Crippen molar-refractivity contribution >= 4 is 10.8 Å². The van der Waals surface area contributed by atoms with Crippen molar-refractivity contribution in [2.24, 2.45) is 0 Å². The van der Waals surface area contributed by atoms with E-state index in [0.29, 0.717) is 16.9 Å². The first-order chi connectivity index (χ1) is 10.7. The molecule has 4 heteroatoms. The second kappa shape index (κ2) is 5.58. The fraction of sp³-hybridized carbons (Fsp3) is 0.111. The third kappa shape index (κ3) is 2.23. The normalized spacial score (nSPS) is 10.7. The molecule has 0 aliphatic heterocycles. The van der Waals surface area contributed by atoms with Gasteiger partial charge in [0, 0.05) is 11.1 Å². The van der Waals surface area contributed by atoms with Gasteiger partial charge in [-0.25, -0.2) is 5.26 Å². The lowest BCUT2D eigenvalue weighted by atomic mass is 9.95. The van der Waals surface area contributed by atoms with Crippen LogP contribution in [0.3, 0.4) is 0 Å². The van der Waals surface area contributed by atoms with E-state index in [2.05, 4.69) is 4.89 Å². The minimum Gasteiger partial charge on any atom is -0.504 e. The second-order valence-electron chi connectivity index (χ2n) is 5.11. The Morgan fingerprint density at radius 2 is 1.73 bits per heavy atom. The van der Waals surface area contributed by atoms with Crippen LogP contribution in [-0.4, -0.2) is 17.5 Å². The van der Waals surface area contributed by atoms with Gasteiger partial charge in [0.1, 0.15) is 0 Å². The van der Waals surface area contributed by atoms with Crippen LogP contribution in [0.25, 0.3) is 21.9 Å². The van der Waals surface area contributed by atoms with E-state index in [-0.39, 0.29) is 11.5 Å². The van der Waals surface area contributed by atoms with E-state index < -0.39 is 0 Å². The monoisotopic (exact) mass is 296 g/mol. The Morgan fingerprint density at radius 1 is 0.955 bits per heavy atom. The van der Waals surface area contributed by atoms with Gasteiger partial charge in [0.15, 0.2) is 17.2 Å². The summed E-state index contributed by atoms with van der Waals surface area (Å²) in [6.07, 6.45) is 0. The first-order valence-corrected chi connectivity index (χ1v) is 6.87. The van der Waals surface area contributed by atoms with Gasteiger partial charge in [-0.1, -0.05) is 30.3 Å². The summed E-state index contributed by atoms with van der Waals surface area (Å²) in [5, 5.41) is 21.6. The Bertz CT molecular complexity index is 840. The minimum absolute atomic E-state index is 0.0164. The molecule has 0 fully saturated rings. The molecular weight excluding hydrogens is 280 g/mol. The molecule has 0 heterocycles. The molecule has 0 aliphatic carbocycles. The molecule has 112 valence electrons. The molecule has 0 amide bonds. The Balaban J connectivity index is 2.41. The summed E-state index contributed by atoms with van der Waals surface area (Å²) < 4.78 is 5.22. The van der Waals surface area contributed by atoms with Gasteiger partial charge in [0.25, 0.3) is 0 Å². The maximum Gasteiger partial charge on any atom is 0.173 e. The molecular formula is C18H16O4. The van der Waals surface area contributed by atoms with E-state index in [1.54, 1.807) is 12.1 Å². The summed E-state index contributed by atoms with van der Waals surface area (Å²) in [5.41, 5.74) is 2.11. The van der Waals surface area contributed by atoms with Crippen LogP contribution in [0, 0.1) is 6.92 Å². The van der Waals surface area contributed by atoms with E-state index in [1.165, 1.54) is 7.11 Å². The van der Waals surface area contributed by atoms with Gasteiger partial charge in [0.2, 0.25) is 0 Å². The summed E-state index contributed by atoms with van der Waals surface area (Å²) in [4.78, 5) is 4.52. The summed E-state index contributed by atoms with van der Waals surface area (Å²) >= 11 is 0. The van der Waals surface area contributed by atoms with Gasteiger partial charge in [0.05, 0.1) is 7.11 Å². The molecule has 22 heavy (non-hydrogen) atoms. The molecule has 0 unspecified atom stereocenters. The van der Waals surface area contributed by atoms with Gasteiger partial charge >= 0.3 is 0 Å². The topological polar surface area (TPSA) is 58.9 Å². The standard InChI is InChI=1S/C18H16O4/c1-11-9-14(18(19)16(10-11)21-2)17-13-6-4-3-5-12(13)7-8-15(17)22-20/h3-10,19-20H,1-2H3. The number of rotatable bonds is 3. The van der Waals surface area contributed by atoms with Gasteiger partial charge in [-0.15, -0.1) is 0 Å². The minimum atomic E-state index is 0.0164. The predicted octanol–water partition coefficient (Wildman–Crippen LogP) is 4.38. The number of fused-ring (bicyclic) bond motifs is 1. The average Bonchev–Trinajstić information content (AvgIpc) is 2.55. The van der Waals surface area contributed by atoms with Crippen LogP contribution in [0.4, 0.5) is 0 Å². The molecule has 0 aliphatic rings. The van der Waals surface area contributed by atoms with Crippen molar-refractivity contribution in [2.75, 3.05) is 7.11 Å². The number of ether oxygens (including phenoxy) is 1. The maximum atomic E-state index is 10.5. The summed E-state index contributed by atoms with van der Waals surface area (Å²) in [5.74, 6) is 0.677. The fourth-order valence-corrected chi connectivity index (χ4v) is 2.70. The Morgan fingerprint density at radius 3 is 2.45 bits per heavy atom. The van der Waals surface area contributed by atoms with E-state index in [4.69, 9.17) is 4.74 Å². The van der Waals surface area contributed by atoms with Crippen molar-refractivity contribution in [3.8, 4) is 28.4 Å². The van der Waals surface area contributed by atoms with E-state index in [1.807, 2.05) is 43.3 Å². The van der Waals surface area contributed by atoms with Gasteiger partial charge in [-0.3, -0.25) is 0 Å². The summed E-state index contributed by atoms with van der Waals surface area (Å²) in [7, 11) is 1.50. The molecule has 3 rings (SSSR count). The molecule has 0 atom stereocenters. The van der Waals surface area contributed by atoms with Crippen LogP contribution < -0.4 is 9.62 Å². The van der Waals surface area contributed by atoms with Gasteiger partial charge < -0.3 is 14.7 Å². The second-order valence-corrected chi connectivity index (χ2v) is 5.11. The van der Waals surface area contributed by atoms with Crippen molar-refractivity contribution < 1.29 is 20.0 Å². The number of aromatic hydroxyl groups is 1. The van der Waals surface area contributed by atoms with Crippen LogP contribution in [0.2, 0.25) is 0 Å². The van der Waals surface area contributed by atoms with Crippen molar-refractivity contribution in [3.63, 3.8) is 0 Å². The van der Waals surface area contributed by atoms with Crippen LogP contribution in [0.15, 0.2) is 48.5 Å². The molecule has 3 aromatic rings. The largest absolute Gasteiger partial charge is 0.504 e. The average molecular weight is 296 g/mol. The fourth-order valence-electron chi connectivity index (χ4n) is 2.70. The highest BCUT2D eigenvalue weighted by molar-refractivity contribution is 6.01. The lowest BCUT2D eigenvalue weighted by Crippen LogP contribution is -1.93. The molecule has 0 saturated heterocycles. The SMILES string of the molecule is COc1cc(C)cc(-c2c(OO)ccc3ccccc23)c1O. The van der Waals surface area contributed by atoms with Crippen molar-refractivity contribution in [3.05, 3.63) is 54.1 Å². The third-order valence-corrected chi connectivity index (χ3v) is 3.70. The summed E-state index contributed by atoms with van der Waals surface area (Å²) in [6.45, 7) is 1.91. The molecule has 0 radical (unpaired) electrons. The highest BCUT2D eigenvalue weighted by Crippen LogP contribution is 2.45. The molecule has 0 aromatic heterocycles. The van der Waals surface area contributed by atoms with Crippen molar-refractivity contribution in [2.45, 2.75) is 6.92 Å². The van der Waals surface area contributed by atoms with Crippen molar-refractivity contribution in [1.82, 2.24) is 0 Å². The third-order valence-electron chi connectivity index (χ3n) is 3.70. The van der Waals surface area contributed by atoms with E-state index in [9.17, 15) is 10.4 Å². The summed E-state index contributed by atoms with van der Waals surface area (Å²) in [6, 6.07) is 14.8. The first kappa shape index (κ1) is 14.2. The molecule has 0 spiro atoms. The zero-order chi connectivity index (χ0) is 15.7. The van der Waals surface area contributed by atoms with Crippen LogP contribution >= 0.6 is 0 Å². The number of phenolic OH excluding ortho intramolecular Hbond substituents is 1. The van der Waals surface area contributed by atoms with Crippen LogP contribution in [0.1, 0.15) is 5.56 Å². The molecule has 3 aromatic carbocycles. The maximum absolute atomic E-state index is 10.5. The first-order valence-electron chi connectivity index (χ1n) is 6.87. The van der Waals surface area contributed by atoms with Crippen LogP contribution in [-0.2, 0) is 0 Å². The Labute approximate surface area is 128 Å². The number of phenols is 1. The molecule has 0 bridgehead atoms. The number of hydrogen-bond donors (Lipinski definition) is 2. The lowest BCUT2D eigenvalue weighted by Gasteiger charge is -2.15. The number of aryl methyl sites for hydroxylation is 1. The predicted molar refractivity (Wildman–Crippen MR) is 85.6 cm³/mol. The number of methoxy groups -OCH3 is 1. The van der Waals surface area contributed by atoms with Gasteiger partial charge in [-0.2, -0.15) is 0 Å². The van der Waals surface area contributed by atoms with E-state index in [0.717, 1.165) is 16.3 Å². The smallest absolute Gasteiger partial charge is 0.173 e. The number of benzene rings is 3. The molecule has 4 nitrogen and oxygen atoms in total. The van der Waals surface area contributed by atoms with E-state index >= 15 is 0 Å². The Hall–Kier alpha value is -2.72. The van der Waals surface area contributed by atoms with Gasteiger partial charge in [-0.05, 0) is 41.5 Å². The van der Waals surface area contributed by atoms with Crippen LogP contribution in [0.5, 0.6) is 17.2 Å².